The van der Waals surface area contributed by atoms with E-state index in [-0.39, 0.29) is 76.9 Å². The third kappa shape index (κ3) is 16.3. The van der Waals surface area contributed by atoms with Crippen molar-refractivity contribution < 1.29 is 40.5 Å². The Labute approximate surface area is 217 Å². The SMILES string of the molecule is C[PH+](C)CCCCC[PH+](C)C.NC(c1ccccc1)C(N)c1ccccc1.[B].[Rh+2].[W]. The molecule has 0 aromatic heterocycles. The van der Waals surface area contributed by atoms with E-state index in [1.807, 2.05) is 60.7 Å². The van der Waals surface area contributed by atoms with Gasteiger partial charge in [-0.05, 0) is 46.2 Å². The minimum Gasteiger partial charge on any atom is -0.322 e. The molecule has 2 aromatic rings. The number of hydrogen-bond donors (Lipinski definition) is 2. The summed E-state index contributed by atoms with van der Waals surface area (Å²) in [5, 5.41) is 0. The summed E-state index contributed by atoms with van der Waals surface area (Å²) in [6, 6.07) is 19.6. The third-order valence-corrected chi connectivity index (χ3v) is 7.32. The van der Waals surface area contributed by atoms with Crippen molar-refractivity contribution in [2.24, 2.45) is 11.5 Å². The van der Waals surface area contributed by atoms with Crippen LogP contribution in [-0.4, -0.2) is 47.4 Å². The second-order valence-corrected chi connectivity index (χ2v) is 13.7. The van der Waals surface area contributed by atoms with E-state index in [0.29, 0.717) is 0 Å². The average Bonchev–Trinajstić information content (AvgIpc) is 2.68. The van der Waals surface area contributed by atoms with Crippen LogP contribution in [0.1, 0.15) is 42.5 Å². The van der Waals surface area contributed by atoms with Crippen molar-refractivity contribution in [2.75, 3.05) is 39.0 Å². The Kier molecular flexibility index (Phi) is 25.2. The van der Waals surface area contributed by atoms with Crippen molar-refractivity contribution >= 4 is 24.3 Å². The van der Waals surface area contributed by atoms with Gasteiger partial charge in [0.2, 0.25) is 0 Å². The largest absolute Gasteiger partial charge is 2.00 e. The Morgan fingerprint density at radius 1 is 0.633 bits per heavy atom. The van der Waals surface area contributed by atoms with Crippen molar-refractivity contribution in [3.8, 4) is 0 Å². The molecule has 2 unspecified atom stereocenters. The smallest absolute Gasteiger partial charge is 0.322 e. The molecule has 0 aliphatic carbocycles. The normalized spacial score (nSPS) is 11.9. The van der Waals surface area contributed by atoms with Crippen molar-refractivity contribution in [2.45, 2.75) is 31.3 Å². The summed E-state index contributed by atoms with van der Waals surface area (Å²) in [4.78, 5) is 0. The number of rotatable bonds is 9. The summed E-state index contributed by atoms with van der Waals surface area (Å²) in [6.07, 6.45) is 7.54. The first-order chi connectivity index (χ1) is 12.9. The van der Waals surface area contributed by atoms with Gasteiger partial charge in [-0.3, -0.25) is 0 Å². The van der Waals surface area contributed by atoms with Crippen molar-refractivity contribution in [1.29, 1.82) is 0 Å². The van der Waals surface area contributed by atoms with Crippen LogP contribution in [0.3, 0.4) is 0 Å². The fraction of sp³-hybridized carbons (Fsp3) is 0.478. The summed E-state index contributed by atoms with van der Waals surface area (Å²) >= 11 is 0. The molecule has 4 radical (unpaired) electrons. The summed E-state index contributed by atoms with van der Waals surface area (Å²) in [6.45, 7) is 9.66. The summed E-state index contributed by atoms with van der Waals surface area (Å²) in [5.74, 6) is 0. The topological polar surface area (TPSA) is 52.0 Å². The van der Waals surface area contributed by atoms with E-state index in [9.17, 15) is 0 Å². The predicted octanol–water partition coefficient (Wildman–Crippen LogP) is 5.10. The second-order valence-electron chi connectivity index (χ2n) is 7.85. The molecule has 0 bridgehead atoms. The quantitative estimate of drug-likeness (QED) is 0.217. The van der Waals surface area contributed by atoms with Crippen LogP contribution < -0.4 is 11.5 Å². The Hall–Kier alpha value is 0.597. The maximum atomic E-state index is 6.15. The van der Waals surface area contributed by atoms with Gasteiger partial charge >= 0.3 is 19.5 Å². The van der Waals surface area contributed by atoms with Gasteiger partial charge in [0.25, 0.3) is 0 Å². The number of hydrogen-bond acceptors (Lipinski definition) is 2. The van der Waals surface area contributed by atoms with E-state index in [1.54, 1.807) is 0 Å². The Balaban J connectivity index is -0.000000470. The van der Waals surface area contributed by atoms with E-state index in [2.05, 4.69) is 26.7 Å². The number of benzene rings is 2. The molecule has 0 aliphatic rings. The zero-order valence-electron chi connectivity index (χ0n) is 18.9. The van der Waals surface area contributed by atoms with Crippen LogP contribution in [0.25, 0.3) is 0 Å². The van der Waals surface area contributed by atoms with E-state index in [4.69, 9.17) is 11.5 Å². The van der Waals surface area contributed by atoms with Crippen molar-refractivity contribution in [1.82, 2.24) is 0 Å². The minimum atomic E-state index is -0.163. The maximum Gasteiger partial charge on any atom is 2.00 e. The molecule has 0 amide bonds. The van der Waals surface area contributed by atoms with Crippen LogP contribution in [0.15, 0.2) is 60.7 Å². The van der Waals surface area contributed by atoms with Gasteiger partial charge in [0.15, 0.2) is 0 Å². The van der Waals surface area contributed by atoms with Crippen LogP contribution in [0.4, 0.5) is 0 Å². The van der Waals surface area contributed by atoms with Crippen LogP contribution in [0, 0.1) is 0 Å². The molecule has 2 rings (SSSR count). The molecule has 2 aromatic carbocycles. The first kappa shape index (κ1) is 35.2. The summed E-state index contributed by atoms with van der Waals surface area (Å²) in [7, 11) is 0.146. The molecule has 30 heavy (non-hydrogen) atoms. The van der Waals surface area contributed by atoms with Gasteiger partial charge in [0.1, 0.15) is 0 Å². The third-order valence-electron chi connectivity index (χ3n) is 4.61. The van der Waals surface area contributed by atoms with Crippen molar-refractivity contribution in [3.63, 3.8) is 0 Å². The van der Waals surface area contributed by atoms with Crippen LogP contribution in [0.2, 0.25) is 0 Å². The van der Waals surface area contributed by atoms with Gasteiger partial charge in [-0.2, -0.15) is 0 Å². The zero-order valence-corrected chi connectivity index (χ0v) is 25.5. The van der Waals surface area contributed by atoms with Gasteiger partial charge in [-0.1, -0.05) is 60.7 Å². The molecule has 0 saturated carbocycles. The standard InChI is InChI=1S/C14H16N2.C9H22P2.B.Rh.W/c15-13(11-7-3-1-4-8-11)14(16)12-9-5-2-6-10-12;1-10(2)8-6-5-7-9-11(3)4;;;/h1-10,13-14H,15-16H2;5-9H2,1-4H3;;;/q;;;+2;/p+2. The first-order valence-electron chi connectivity index (χ1n) is 10.1. The van der Waals surface area contributed by atoms with Gasteiger partial charge in [-0.25, -0.2) is 0 Å². The molecule has 2 nitrogen and oxygen atoms in total. The molecule has 0 aliphatic heterocycles. The van der Waals surface area contributed by atoms with E-state index >= 15 is 0 Å². The molecular formula is C23H40BN2P2RhW+4. The fourth-order valence-corrected chi connectivity index (χ4v) is 4.81. The zero-order chi connectivity index (χ0) is 20.1. The molecular weight excluding hydrogens is 664 g/mol. The van der Waals surface area contributed by atoms with Gasteiger partial charge in [0, 0.05) is 68.2 Å². The predicted molar refractivity (Wildman–Crippen MR) is 136 cm³/mol. The van der Waals surface area contributed by atoms with Crippen molar-refractivity contribution in [3.05, 3.63) is 71.8 Å². The molecule has 0 fully saturated rings. The summed E-state index contributed by atoms with van der Waals surface area (Å²) < 4.78 is 0. The van der Waals surface area contributed by atoms with Crippen LogP contribution in [-0.2, 0) is 40.5 Å². The molecule has 0 saturated heterocycles. The number of nitrogens with two attached hydrogens (primary N) is 2. The number of unbranched alkanes of at least 4 members (excludes halogenated alkanes) is 2. The van der Waals surface area contributed by atoms with Gasteiger partial charge in [-0.15, -0.1) is 0 Å². The Morgan fingerprint density at radius 2 is 0.933 bits per heavy atom. The van der Waals surface area contributed by atoms with Crippen LogP contribution in [0.5, 0.6) is 0 Å². The first-order valence-corrected chi connectivity index (χ1v) is 15.5. The molecule has 7 heteroatoms. The minimum absolute atomic E-state index is 0. The second kappa shape index (κ2) is 21.4. The molecule has 0 heterocycles. The van der Waals surface area contributed by atoms with E-state index < -0.39 is 0 Å². The van der Waals surface area contributed by atoms with Gasteiger partial charge < -0.3 is 11.5 Å². The maximum absolute atomic E-state index is 6.15. The Morgan fingerprint density at radius 3 is 1.20 bits per heavy atom. The summed E-state index contributed by atoms with van der Waals surface area (Å²) in [5.41, 5.74) is 14.4. The molecule has 2 atom stereocenters. The molecule has 166 valence electrons. The van der Waals surface area contributed by atoms with Crippen LogP contribution >= 0.6 is 15.8 Å². The monoisotopic (exact) mass is 704 g/mol. The van der Waals surface area contributed by atoms with E-state index in [1.165, 1.54) is 31.6 Å². The molecule has 4 N–H and O–H groups in total. The van der Waals surface area contributed by atoms with Gasteiger partial charge in [0.05, 0.1) is 12.3 Å². The van der Waals surface area contributed by atoms with E-state index in [0.717, 1.165) is 11.1 Å². The fourth-order valence-electron chi connectivity index (χ4n) is 2.90. The molecule has 0 spiro atoms. The Bertz CT molecular complexity index is 553. The average molecular weight is 704 g/mol.